The van der Waals surface area contributed by atoms with Crippen molar-refractivity contribution in [3.63, 3.8) is 0 Å². The van der Waals surface area contributed by atoms with Gasteiger partial charge in [-0.3, -0.25) is 0 Å². The van der Waals surface area contributed by atoms with Crippen molar-refractivity contribution in [1.82, 2.24) is 0 Å². The van der Waals surface area contributed by atoms with Crippen LogP contribution >= 0.6 is 24.8 Å². The Labute approximate surface area is 199 Å². The molecule has 0 amide bonds. The average molecular weight is 473 g/mol. The van der Waals surface area contributed by atoms with Gasteiger partial charge in [-0.25, -0.2) is 0 Å². The topological polar surface area (TPSA) is 0 Å². The summed E-state index contributed by atoms with van der Waals surface area (Å²) in [6.07, 6.45) is 7.14. The Kier molecular flexibility index (Phi) is 8.89. The summed E-state index contributed by atoms with van der Waals surface area (Å²) in [7, 11) is 0. The molecule has 0 nitrogen and oxygen atoms in total. The molecule has 0 bridgehead atoms. The zero-order valence-electron chi connectivity index (χ0n) is 18.2. The molecule has 30 heavy (non-hydrogen) atoms. The normalized spacial score (nSPS) is 15.3. The Balaban J connectivity index is 0.00000160. The third-order valence-corrected chi connectivity index (χ3v) is 11.7. The minimum atomic E-state index is -1.90. The molecule has 0 aromatic heterocycles. The number of rotatable bonds is 4. The van der Waals surface area contributed by atoms with Gasteiger partial charge in [0.15, 0.2) is 0 Å². The number of hydrogen-bond donors (Lipinski definition) is 0. The van der Waals surface area contributed by atoms with E-state index in [1.807, 2.05) is 0 Å². The molecule has 0 heterocycles. The first-order chi connectivity index (χ1) is 13.6. The van der Waals surface area contributed by atoms with Gasteiger partial charge in [0.2, 0.25) is 0 Å². The maximum atomic E-state index is 2.44. The van der Waals surface area contributed by atoms with Crippen molar-refractivity contribution in [3.8, 4) is 0 Å². The standard InChI is InChI=1S/C13H10.2C7H9.2ClH.Ti/c1-3-7-12(8-4-1)11-13-9-5-2-6-10-13;2*1-6-4-3-5-7(6)2;;;/h1-10H;2*4H,3H2,1-2H3;2*1H;. The second kappa shape index (κ2) is 10.7. The molecule has 0 N–H and O–H groups in total. The quantitative estimate of drug-likeness (QED) is 0.395. The van der Waals surface area contributed by atoms with Gasteiger partial charge in [-0.1, -0.05) is 0 Å². The predicted molar refractivity (Wildman–Crippen MR) is 133 cm³/mol. The molecule has 0 spiro atoms. The van der Waals surface area contributed by atoms with Crippen LogP contribution in [0.3, 0.4) is 0 Å². The van der Waals surface area contributed by atoms with Gasteiger partial charge in [0.05, 0.1) is 0 Å². The fourth-order valence-corrected chi connectivity index (χ4v) is 10.0. The number of halogens is 2. The van der Waals surface area contributed by atoms with Crippen molar-refractivity contribution in [2.24, 2.45) is 0 Å². The summed E-state index contributed by atoms with van der Waals surface area (Å²) in [6, 6.07) is 22.3. The summed E-state index contributed by atoms with van der Waals surface area (Å²) in [5.41, 5.74) is 8.84. The third-order valence-electron chi connectivity index (χ3n) is 6.29. The average Bonchev–Trinajstić information content (AvgIpc) is 3.23. The predicted octanol–water partition coefficient (Wildman–Crippen LogP) is 7.97. The molecule has 0 aliphatic heterocycles. The minimum absolute atomic E-state index is 0. The first kappa shape index (κ1) is 24.8. The molecule has 0 saturated carbocycles. The number of allylic oxidation sites excluding steroid dienone is 8. The van der Waals surface area contributed by atoms with E-state index in [0.717, 1.165) is 12.8 Å². The fraction of sp³-hybridized carbons (Fsp3) is 0.222. The Morgan fingerprint density at radius 2 is 0.967 bits per heavy atom. The van der Waals surface area contributed by atoms with E-state index in [4.69, 9.17) is 0 Å². The molecule has 0 atom stereocenters. The summed E-state index contributed by atoms with van der Waals surface area (Å²) in [5, 5.41) is 0. The van der Waals surface area contributed by atoms with Crippen LogP contribution in [0.25, 0.3) is 0 Å². The van der Waals surface area contributed by atoms with Crippen LogP contribution in [0, 0.1) is 0 Å². The summed E-state index contributed by atoms with van der Waals surface area (Å²) in [4.78, 5) is 0. The molecule has 2 aliphatic carbocycles. The molecule has 4 rings (SSSR count). The molecule has 0 saturated heterocycles. The van der Waals surface area contributed by atoms with E-state index in [-0.39, 0.29) is 24.8 Å². The van der Waals surface area contributed by atoms with Crippen LogP contribution in [-0.2, 0) is 17.4 Å². The summed E-state index contributed by atoms with van der Waals surface area (Å²) >= 11 is -1.90. The number of benzene rings is 2. The first-order valence-electron chi connectivity index (χ1n) is 10.2. The van der Waals surface area contributed by atoms with E-state index < -0.39 is 17.4 Å². The Morgan fingerprint density at radius 1 is 0.600 bits per heavy atom. The zero-order valence-corrected chi connectivity index (χ0v) is 21.4. The Bertz CT molecular complexity index is 983. The molecule has 156 valence electrons. The molecular formula is C27H30Cl2Ti. The van der Waals surface area contributed by atoms with E-state index in [1.165, 1.54) is 22.3 Å². The van der Waals surface area contributed by atoms with Gasteiger partial charge in [0, 0.05) is 0 Å². The number of hydrogen-bond acceptors (Lipinski definition) is 0. The van der Waals surface area contributed by atoms with Gasteiger partial charge in [-0.2, -0.15) is 0 Å². The molecule has 3 heteroatoms. The zero-order chi connectivity index (χ0) is 19.7. The van der Waals surface area contributed by atoms with Gasteiger partial charge in [-0.05, 0) is 0 Å². The van der Waals surface area contributed by atoms with Gasteiger partial charge in [0.1, 0.15) is 0 Å². The van der Waals surface area contributed by atoms with E-state index in [9.17, 15) is 0 Å². The smallest absolute Gasteiger partial charge is 0.147 e. The van der Waals surface area contributed by atoms with E-state index >= 15 is 0 Å². The molecular weight excluding hydrogens is 443 g/mol. The first-order valence-corrected chi connectivity index (χ1v) is 12.5. The van der Waals surface area contributed by atoms with Gasteiger partial charge in [-0.15, -0.1) is 24.8 Å². The molecule has 0 unspecified atom stereocenters. The van der Waals surface area contributed by atoms with Crippen LogP contribution in [0.5, 0.6) is 0 Å². The summed E-state index contributed by atoms with van der Waals surface area (Å²) < 4.78 is 5.08. The molecule has 2 aliphatic rings. The van der Waals surface area contributed by atoms with Crippen LogP contribution in [0.2, 0.25) is 0 Å². The van der Waals surface area contributed by atoms with Crippen molar-refractivity contribution in [1.29, 1.82) is 0 Å². The van der Waals surface area contributed by atoms with Crippen LogP contribution in [0.1, 0.15) is 51.7 Å². The van der Waals surface area contributed by atoms with Crippen LogP contribution in [0.4, 0.5) is 0 Å². The maximum absolute atomic E-state index is 2.44. The van der Waals surface area contributed by atoms with Gasteiger partial charge >= 0.3 is 176 Å². The monoisotopic (exact) mass is 472 g/mol. The van der Waals surface area contributed by atoms with Gasteiger partial charge in [0.25, 0.3) is 0 Å². The molecule has 0 fully saturated rings. The Hall–Kier alpha value is -1.44. The fourth-order valence-electron chi connectivity index (χ4n) is 4.33. The van der Waals surface area contributed by atoms with Crippen molar-refractivity contribution in [3.05, 3.63) is 114 Å². The van der Waals surface area contributed by atoms with Crippen molar-refractivity contribution < 1.29 is 17.4 Å². The van der Waals surface area contributed by atoms with Crippen LogP contribution < -0.4 is 0 Å². The SMILES string of the molecule is CC1=CC[C]([Ti]([C]2=C(C)C(C)=CC2)=[C](c2ccccc2)c2ccccc2)=C1C.Cl.Cl. The van der Waals surface area contributed by atoms with E-state index in [1.54, 1.807) is 22.7 Å². The molecule has 2 aromatic carbocycles. The molecule has 0 radical (unpaired) electrons. The van der Waals surface area contributed by atoms with Crippen molar-refractivity contribution in [2.45, 2.75) is 40.5 Å². The largest absolute Gasteiger partial charge is 0.147 e. The van der Waals surface area contributed by atoms with E-state index in [0.29, 0.717) is 0 Å². The summed E-state index contributed by atoms with van der Waals surface area (Å²) in [5.74, 6) is 0. The second-order valence-electron chi connectivity index (χ2n) is 7.87. The maximum Gasteiger partial charge on any atom is -0.147 e. The third kappa shape index (κ3) is 4.73. The van der Waals surface area contributed by atoms with Crippen LogP contribution in [0.15, 0.2) is 103 Å². The van der Waals surface area contributed by atoms with Crippen molar-refractivity contribution in [2.75, 3.05) is 0 Å². The second-order valence-corrected chi connectivity index (χ2v) is 11.7. The summed E-state index contributed by atoms with van der Waals surface area (Å²) in [6.45, 7) is 9.25. The Morgan fingerprint density at radius 3 is 1.27 bits per heavy atom. The van der Waals surface area contributed by atoms with Crippen molar-refractivity contribution >= 4 is 28.6 Å². The van der Waals surface area contributed by atoms with Crippen LogP contribution in [-0.4, -0.2) is 3.81 Å². The van der Waals surface area contributed by atoms with E-state index in [2.05, 4.69) is 101 Å². The minimum Gasteiger partial charge on any atom is -0.147 e. The van der Waals surface area contributed by atoms with Gasteiger partial charge < -0.3 is 0 Å². The molecule has 2 aromatic rings.